The van der Waals surface area contributed by atoms with Crippen molar-refractivity contribution in [1.29, 1.82) is 0 Å². The zero-order valence-electron chi connectivity index (χ0n) is 9.68. The van der Waals surface area contributed by atoms with Crippen molar-refractivity contribution in [3.8, 4) is 11.4 Å². The van der Waals surface area contributed by atoms with E-state index in [4.69, 9.17) is 9.84 Å². The van der Waals surface area contributed by atoms with Gasteiger partial charge in [0.25, 0.3) is 0 Å². The highest BCUT2D eigenvalue weighted by Gasteiger charge is 2.17. The zero-order chi connectivity index (χ0) is 14.0. The second-order valence-electron chi connectivity index (χ2n) is 3.47. The molecule has 0 saturated heterocycles. The Morgan fingerprint density at radius 2 is 2.26 bits per heavy atom. The van der Waals surface area contributed by atoms with Crippen molar-refractivity contribution in [1.82, 2.24) is 15.0 Å². The van der Waals surface area contributed by atoms with Gasteiger partial charge in [-0.1, -0.05) is 5.21 Å². The quantitative estimate of drug-likeness (QED) is 0.642. The standard InChI is InChI=1S/C10H8N4O5/c1-19-9-3-2-6(4-8(9)14(17)18)13-5-7(10(15)16)11-12-13/h2-5H,1H3,(H,15,16). The fraction of sp³-hybridized carbons (Fsp3) is 0.100. The maximum absolute atomic E-state index is 10.9. The van der Waals surface area contributed by atoms with E-state index in [1.54, 1.807) is 0 Å². The minimum atomic E-state index is -1.23. The number of carboxylic acids is 1. The molecular weight excluding hydrogens is 256 g/mol. The Morgan fingerprint density at radius 3 is 2.79 bits per heavy atom. The number of carbonyl (C=O) groups is 1. The van der Waals surface area contributed by atoms with Gasteiger partial charge in [-0.15, -0.1) is 5.10 Å². The summed E-state index contributed by atoms with van der Waals surface area (Å²) in [7, 11) is 1.32. The second kappa shape index (κ2) is 4.72. The average Bonchev–Trinajstić information content (AvgIpc) is 2.87. The normalized spacial score (nSPS) is 10.2. The van der Waals surface area contributed by atoms with Gasteiger partial charge in [-0.25, -0.2) is 9.48 Å². The number of rotatable bonds is 4. The summed E-state index contributed by atoms with van der Waals surface area (Å²) in [6.45, 7) is 0. The van der Waals surface area contributed by atoms with Crippen molar-refractivity contribution in [2.45, 2.75) is 0 Å². The van der Waals surface area contributed by atoms with Crippen LogP contribution < -0.4 is 4.74 Å². The first-order chi connectivity index (χ1) is 9.02. The number of aromatic nitrogens is 3. The number of nitro groups is 1. The first-order valence-electron chi connectivity index (χ1n) is 5.01. The van der Waals surface area contributed by atoms with E-state index in [1.165, 1.54) is 25.3 Å². The third-order valence-electron chi connectivity index (χ3n) is 2.34. The van der Waals surface area contributed by atoms with Gasteiger partial charge in [0.15, 0.2) is 11.4 Å². The molecule has 0 radical (unpaired) electrons. The van der Waals surface area contributed by atoms with Crippen molar-refractivity contribution < 1.29 is 19.6 Å². The van der Waals surface area contributed by atoms with Crippen LogP contribution in [0.25, 0.3) is 5.69 Å². The summed E-state index contributed by atoms with van der Waals surface area (Å²) >= 11 is 0. The molecule has 1 aromatic heterocycles. The van der Waals surface area contributed by atoms with Gasteiger partial charge in [-0.2, -0.15) is 0 Å². The van der Waals surface area contributed by atoms with Crippen LogP contribution in [0.3, 0.4) is 0 Å². The number of benzene rings is 1. The summed E-state index contributed by atoms with van der Waals surface area (Å²) in [6.07, 6.45) is 1.16. The van der Waals surface area contributed by atoms with Crippen LogP contribution in [0.2, 0.25) is 0 Å². The number of hydrogen-bond acceptors (Lipinski definition) is 6. The van der Waals surface area contributed by atoms with Gasteiger partial charge in [0.1, 0.15) is 0 Å². The molecule has 9 heteroatoms. The van der Waals surface area contributed by atoms with Gasteiger partial charge in [-0.05, 0) is 12.1 Å². The Labute approximate surface area is 106 Å². The molecule has 0 spiro atoms. The molecule has 19 heavy (non-hydrogen) atoms. The first kappa shape index (κ1) is 12.5. The first-order valence-corrected chi connectivity index (χ1v) is 5.01. The summed E-state index contributed by atoms with van der Waals surface area (Å²) in [5, 5.41) is 26.6. The Morgan fingerprint density at radius 1 is 1.53 bits per heavy atom. The third kappa shape index (κ3) is 2.34. The van der Waals surface area contributed by atoms with Crippen molar-refractivity contribution in [2.24, 2.45) is 0 Å². The summed E-state index contributed by atoms with van der Waals surface area (Å²) in [6, 6.07) is 4.13. The van der Waals surface area contributed by atoms with E-state index in [0.29, 0.717) is 5.69 Å². The summed E-state index contributed by atoms with van der Waals surface area (Å²) < 4.78 is 5.99. The van der Waals surface area contributed by atoms with Gasteiger partial charge >= 0.3 is 11.7 Å². The molecule has 0 atom stereocenters. The smallest absolute Gasteiger partial charge is 0.358 e. The summed E-state index contributed by atoms with van der Waals surface area (Å²) in [5.41, 5.74) is -0.182. The van der Waals surface area contributed by atoms with Gasteiger partial charge in [-0.3, -0.25) is 10.1 Å². The largest absolute Gasteiger partial charge is 0.490 e. The fourth-order valence-electron chi connectivity index (χ4n) is 1.45. The highest BCUT2D eigenvalue weighted by molar-refractivity contribution is 5.84. The molecule has 0 unspecified atom stereocenters. The van der Waals surface area contributed by atoms with E-state index >= 15 is 0 Å². The molecule has 1 heterocycles. The number of ether oxygens (including phenoxy) is 1. The molecular formula is C10H8N4O5. The Bertz CT molecular complexity index is 651. The van der Waals surface area contributed by atoms with Crippen molar-refractivity contribution >= 4 is 11.7 Å². The highest BCUT2D eigenvalue weighted by Crippen LogP contribution is 2.28. The molecule has 0 fully saturated rings. The lowest BCUT2D eigenvalue weighted by atomic mass is 10.2. The van der Waals surface area contributed by atoms with E-state index in [9.17, 15) is 14.9 Å². The fourth-order valence-corrected chi connectivity index (χ4v) is 1.45. The predicted octanol–water partition coefficient (Wildman–Crippen LogP) is 0.882. The van der Waals surface area contributed by atoms with Crippen molar-refractivity contribution in [3.63, 3.8) is 0 Å². The monoisotopic (exact) mass is 264 g/mol. The van der Waals surface area contributed by atoms with Crippen LogP contribution in [0.4, 0.5) is 5.69 Å². The topological polar surface area (TPSA) is 120 Å². The Balaban J connectivity index is 2.47. The van der Waals surface area contributed by atoms with Gasteiger partial charge in [0.2, 0.25) is 0 Å². The van der Waals surface area contributed by atoms with Crippen LogP contribution in [0.1, 0.15) is 10.5 Å². The minimum absolute atomic E-state index is 0.104. The number of methoxy groups -OCH3 is 1. The van der Waals surface area contributed by atoms with Crippen LogP contribution in [-0.4, -0.2) is 38.1 Å². The lowest BCUT2D eigenvalue weighted by molar-refractivity contribution is -0.385. The lowest BCUT2D eigenvalue weighted by Crippen LogP contribution is -1.99. The SMILES string of the molecule is COc1ccc(-n2cc(C(=O)O)nn2)cc1[N+](=O)[O-]. The molecule has 9 nitrogen and oxygen atoms in total. The number of aromatic carboxylic acids is 1. The third-order valence-corrected chi connectivity index (χ3v) is 2.34. The van der Waals surface area contributed by atoms with E-state index in [2.05, 4.69) is 10.3 Å². The molecule has 1 aromatic carbocycles. The average molecular weight is 264 g/mol. The van der Waals surface area contributed by atoms with Crippen molar-refractivity contribution in [3.05, 3.63) is 40.2 Å². The van der Waals surface area contributed by atoms with Crippen LogP contribution in [0.15, 0.2) is 24.4 Å². The van der Waals surface area contributed by atoms with Crippen LogP contribution in [-0.2, 0) is 0 Å². The maximum atomic E-state index is 10.9. The molecule has 1 N–H and O–H groups in total. The van der Waals surface area contributed by atoms with Gasteiger partial charge < -0.3 is 9.84 Å². The molecule has 2 aromatic rings. The molecule has 98 valence electrons. The van der Waals surface area contributed by atoms with Crippen molar-refractivity contribution in [2.75, 3.05) is 7.11 Å². The van der Waals surface area contributed by atoms with Gasteiger partial charge in [0.05, 0.1) is 23.9 Å². The number of nitro benzene ring substituents is 1. The van der Waals surface area contributed by atoms with E-state index < -0.39 is 10.9 Å². The molecule has 0 aliphatic carbocycles. The highest BCUT2D eigenvalue weighted by atomic mass is 16.6. The zero-order valence-corrected chi connectivity index (χ0v) is 9.68. The van der Waals surface area contributed by atoms with Crippen LogP contribution in [0, 0.1) is 10.1 Å². The van der Waals surface area contributed by atoms with E-state index in [1.807, 2.05) is 0 Å². The Hall–Kier alpha value is -2.97. The minimum Gasteiger partial charge on any atom is -0.490 e. The molecule has 0 aliphatic rings. The molecule has 0 amide bonds. The molecule has 2 rings (SSSR count). The summed E-state index contributed by atoms with van der Waals surface area (Å²) in [4.78, 5) is 20.9. The number of nitrogens with zero attached hydrogens (tertiary/aromatic N) is 4. The van der Waals surface area contributed by atoms with E-state index in [0.717, 1.165) is 10.9 Å². The molecule has 0 saturated carbocycles. The maximum Gasteiger partial charge on any atom is 0.358 e. The number of hydrogen-bond donors (Lipinski definition) is 1. The predicted molar refractivity (Wildman–Crippen MR) is 61.5 cm³/mol. The summed E-state index contributed by atoms with van der Waals surface area (Å²) in [5.74, 6) is -1.12. The van der Waals surface area contributed by atoms with Crippen LogP contribution >= 0.6 is 0 Å². The molecule has 0 bridgehead atoms. The molecule has 0 aliphatic heterocycles. The Kier molecular flexibility index (Phi) is 3.10. The second-order valence-corrected chi connectivity index (χ2v) is 3.47. The van der Waals surface area contributed by atoms with E-state index in [-0.39, 0.29) is 17.1 Å². The van der Waals surface area contributed by atoms with Crippen LogP contribution in [0.5, 0.6) is 5.75 Å². The van der Waals surface area contributed by atoms with Gasteiger partial charge in [0, 0.05) is 6.07 Å². The number of carboxylic acid groups (broad SMARTS) is 1. The lowest BCUT2D eigenvalue weighted by Gasteiger charge is -2.04.